The molecule has 0 spiro atoms. The minimum Gasteiger partial charge on any atom is -0.423 e. The largest absolute Gasteiger partial charge is 0.490 e. The lowest BCUT2D eigenvalue weighted by Crippen LogP contribution is -2.33. The second-order valence-electron chi connectivity index (χ2n) is 2.13. The molecule has 0 bridgehead atoms. The highest BCUT2D eigenvalue weighted by atomic mass is 35.5. The van der Waals surface area contributed by atoms with E-state index < -0.39 is 7.12 Å². The second-order valence-corrected chi connectivity index (χ2v) is 2.51. The third kappa shape index (κ3) is 1.82. The Kier molecular flexibility index (Phi) is 2.81. The van der Waals surface area contributed by atoms with E-state index >= 15 is 0 Å². The van der Waals surface area contributed by atoms with Gasteiger partial charge in [0.15, 0.2) is 0 Å². The predicted molar refractivity (Wildman–Crippen MR) is 44.5 cm³/mol. The van der Waals surface area contributed by atoms with E-state index in [0.29, 0.717) is 6.29 Å². The number of pyridine rings is 1. The van der Waals surface area contributed by atoms with Crippen LogP contribution in [0.1, 0.15) is 10.4 Å². The second kappa shape index (κ2) is 3.66. The number of hydrogen-bond acceptors (Lipinski definition) is 4. The Bertz CT molecular complexity index is 305. The molecule has 0 aromatic carbocycles. The molecule has 1 rings (SSSR count). The van der Waals surface area contributed by atoms with Gasteiger partial charge in [-0.1, -0.05) is 11.6 Å². The number of carbonyl (C=O) groups excluding carboxylic acids is 1. The molecule has 4 nitrogen and oxygen atoms in total. The van der Waals surface area contributed by atoms with Crippen LogP contribution in [0.4, 0.5) is 0 Å². The monoisotopic (exact) mass is 185 g/mol. The number of rotatable bonds is 2. The standard InChI is InChI=1S/C6H5BClNO3/c8-6-1-4(3-10)5(2-9-6)7(11)12/h1-3,11-12H. The fourth-order valence-corrected chi connectivity index (χ4v) is 0.939. The topological polar surface area (TPSA) is 70.4 Å². The molecule has 6 heteroatoms. The fraction of sp³-hybridized carbons (Fsp3) is 0. The van der Waals surface area contributed by atoms with Crippen molar-refractivity contribution >= 4 is 30.5 Å². The lowest BCUT2D eigenvalue weighted by molar-refractivity contribution is 0.112. The Morgan fingerprint density at radius 2 is 2.25 bits per heavy atom. The first kappa shape index (κ1) is 9.19. The predicted octanol–water partition coefficient (Wildman–Crippen LogP) is -0.773. The summed E-state index contributed by atoms with van der Waals surface area (Å²) in [6, 6.07) is 1.27. The summed E-state index contributed by atoms with van der Waals surface area (Å²) in [5.41, 5.74) is 0.180. The van der Waals surface area contributed by atoms with Gasteiger partial charge in [0.25, 0.3) is 0 Å². The van der Waals surface area contributed by atoms with Gasteiger partial charge in [0.1, 0.15) is 11.4 Å². The molecule has 0 amide bonds. The minimum absolute atomic E-state index is 0.0504. The van der Waals surface area contributed by atoms with E-state index in [-0.39, 0.29) is 16.2 Å². The average molecular weight is 185 g/mol. The molecule has 1 aromatic heterocycles. The molecule has 12 heavy (non-hydrogen) atoms. The number of aldehydes is 1. The third-order valence-corrected chi connectivity index (χ3v) is 1.55. The smallest absolute Gasteiger partial charge is 0.423 e. The molecule has 0 radical (unpaired) electrons. The van der Waals surface area contributed by atoms with Crippen molar-refractivity contribution in [3.05, 3.63) is 23.0 Å². The molecule has 0 aliphatic rings. The molecule has 62 valence electrons. The van der Waals surface area contributed by atoms with Crippen LogP contribution in [0.25, 0.3) is 0 Å². The molecule has 0 saturated heterocycles. The normalized spacial score (nSPS) is 9.58. The highest BCUT2D eigenvalue weighted by Gasteiger charge is 2.16. The summed E-state index contributed by atoms with van der Waals surface area (Å²) in [5.74, 6) is 0. The lowest BCUT2D eigenvalue weighted by Gasteiger charge is -2.01. The van der Waals surface area contributed by atoms with E-state index in [0.717, 1.165) is 6.20 Å². The SMILES string of the molecule is O=Cc1cc(Cl)ncc1B(O)O. The number of carbonyl (C=O) groups is 1. The van der Waals surface area contributed by atoms with Crippen LogP contribution in [-0.2, 0) is 0 Å². The molecule has 0 unspecified atom stereocenters. The van der Waals surface area contributed by atoms with Gasteiger partial charge in [-0.3, -0.25) is 4.79 Å². The zero-order valence-corrected chi connectivity index (χ0v) is 6.69. The Hall–Kier alpha value is -0.905. The fourth-order valence-electron chi connectivity index (χ4n) is 0.772. The minimum atomic E-state index is -1.70. The summed E-state index contributed by atoms with van der Waals surface area (Å²) >= 11 is 5.47. The van der Waals surface area contributed by atoms with E-state index in [1.165, 1.54) is 6.07 Å². The van der Waals surface area contributed by atoms with Gasteiger partial charge in [-0.05, 0) is 6.07 Å². The number of halogens is 1. The van der Waals surface area contributed by atoms with Gasteiger partial charge in [0, 0.05) is 17.2 Å². The van der Waals surface area contributed by atoms with E-state index in [1.54, 1.807) is 0 Å². The van der Waals surface area contributed by atoms with Crippen LogP contribution in [0.2, 0.25) is 5.15 Å². The Labute approximate surface area is 74.0 Å². The lowest BCUT2D eigenvalue weighted by atomic mass is 9.79. The van der Waals surface area contributed by atoms with E-state index in [4.69, 9.17) is 21.6 Å². The molecular formula is C6H5BClNO3. The summed E-state index contributed by atoms with van der Waals surface area (Å²) in [4.78, 5) is 14.0. The van der Waals surface area contributed by atoms with Crippen molar-refractivity contribution < 1.29 is 14.8 Å². The highest BCUT2D eigenvalue weighted by molar-refractivity contribution is 6.60. The summed E-state index contributed by atoms with van der Waals surface area (Å²) in [6.07, 6.45) is 1.64. The average Bonchev–Trinajstić information content (AvgIpc) is 2.03. The van der Waals surface area contributed by atoms with Crippen LogP contribution in [0.15, 0.2) is 12.3 Å². The van der Waals surface area contributed by atoms with Crippen molar-refractivity contribution in [3.8, 4) is 0 Å². The van der Waals surface area contributed by atoms with Crippen molar-refractivity contribution in [1.29, 1.82) is 0 Å². The van der Waals surface area contributed by atoms with Crippen LogP contribution < -0.4 is 5.46 Å². The van der Waals surface area contributed by atoms with Crippen molar-refractivity contribution in [2.24, 2.45) is 0 Å². The van der Waals surface area contributed by atoms with Crippen molar-refractivity contribution in [2.75, 3.05) is 0 Å². The molecule has 0 fully saturated rings. The summed E-state index contributed by atoms with van der Waals surface area (Å²) in [7, 11) is -1.70. The van der Waals surface area contributed by atoms with Gasteiger partial charge in [0.05, 0.1) is 0 Å². The maximum atomic E-state index is 10.4. The van der Waals surface area contributed by atoms with Gasteiger partial charge in [-0.2, -0.15) is 0 Å². The van der Waals surface area contributed by atoms with E-state index in [1.807, 2.05) is 0 Å². The molecule has 1 aromatic rings. The van der Waals surface area contributed by atoms with Crippen LogP contribution in [0.5, 0.6) is 0 Å². The first-order chi connectivity index (χ1) is 5.65. The Morgan fingerprint density at radius 3 is 2.75 bits per heavy atom. The quantitative estimate of drug-likeness (QED) is 0.360. The molecular weight excluding hydrogens is 180 g/mol. The summed E-state index contributed by atoms with van der Waals surface area (Å²) in [6.45, 7) is 0. The maximum Gasteiger partial charge on any atom is 0.490 e. The van der Waals surface area contributed by atoms with Crippen molar-refractivity contribution in [1.82, 2.24) is 4.98 Å². The molecule has 0 aliphatic carbocycles. The van der Waals surface area contributed by atoms with Gasteiger partial charge >= 0.3 is 7.12 Å². The number of nitrogens with zero attached hydrogens (tertiary/aromatic N) is 1. The van der Waals surface area contributed by atoms with E-state index in [9.17, 15) is 4.79 Å². The maximum absolute atomic E-state index is 10.4. The van der Waals surface area contributed by atoms with Gasteiger partial charge < -0.3 is 10.0 Å². The molecule has 0 atom stereocenters. The van der Waals surface area contributed by atoms with Crippen LogP contribution in [0.3, 0.4) is 0 Å². The number of aromatic nitrogens is 1. The van der Waals surface area contributed by atoms with Crippen LogP contribution in [0, 0.1) is 0 Å². The van der Waals surface area contributed by atoms with Gasteiger partial charge in [-0.25, -0.2) is 4.98 Å². The summed E-state index contributed by atoms with van der Waals surface area (Å²) in [5, 5.41) is 17.6. The first-order valence-electron chi connectivity index (χ1n) is 3.12. The zero-order chi connectivity index (χ0) is 9.14. The van der Waals surface area contributed by atoms with Crippen molar-refractivity contribution in [2.45, 2.75) is 0 Å². The Balaban J connectivity index is 3.20. The molecule has 1 heterocycles. The van der Waals surface area contributed by atoms with Gasteiger partial charge in [-0.15, -0.1) is 0 Å². The van der Waals surface area contributed by atoms with Crippen LogP contribution >= 0.6 is 11.6 Å². The molecule has 2 N–H and O–H groups in total. The first-order valence-corrected chi connectivity index (χ1v) is 3.49. The van der Waals surface area contributed by atoms with E-state index in [2.05, 4.69) is 4.98 Å². The van der Waals surface area contributed by atoms with Crippen molar-refractivity contribution in [3.63, 3.8) is 0 Å². The zero-order valence-electron chi connectivity index (χ0n) is 5.94. The number of hydrogen-bond donors (Lipinski definition) is 2. The Morgan fingerprint density at radius 1 is 1.58 bits per heavy atom. The molecule has 0 saturated carbocycles. The van der Waals surface area contributed by atoms with Gasteiger partial charge in [0.2, 0.25) is 0 Å². The molecule has 0 aliphatic heterocycles. The third-order valence-electron chi connectivity index (χ3n) is 1.34. The highest BCUT2D eigenvalue weighted by Crippen LogP contribution is 2.03. The summed E-state index contributed by atoms with van der Waals surface area (Å²) < 4.78 is 0. The van der Waals surface area contributed by atoms with Crippen LogP contribution in [-0.4, -0.2) is 28.4 Å².